The summed E-state index contributed by atoms with van der Waals surface area (Å²) in [6, 6.07) is 8.41. The summed E-state index contributed by atoms with van der Waals surface area (Å²) < 4.78 is 0. The molecule has 1 aromatic heterocycles. The third kappa shape index (κ3) is 3.40. The summed E-state index contributed by atoms with van der Waals surface area (Å²) in [6.07, 6.45) is 6.66. The van der Waals surface area contributed by atoms with E-state index >= 15 is 0 Å². The number of benzene rings is 1. The van der Waals surface area contributed by atoms with Crippen LogP contribution in [0.3, 0.4) is 0 Å². The van der Waals surface area contributed by atoms with Gasteiger partial charge >= 0.3 is 0 Å². The molecule has 3 rings (SSSR count). The van der Waals surface area contributed by atoms with Crippen molar-refractivity contribution in [3.8, 4) is 0 Å². The zero-order valence-electron chi connectivity index (χ0n) is 14.2. The van der Waals surface area contributed by atoms with Crippen LogP contribution in [-0.4, -0.2) is 47.0 Å². The molecule has 0 radical (unpaired) electrons. The van der Waals surface area contributed by atoms with E-state index in [1.807, 2.05) is 30.1 Å². The smallest absolute Gasteiger partial charge is 0.222 e. The minimum Gasteiger partial charge on any atom is -0.356 e. The Balaban J connectivity index is 1.66. The first kappa shape index (κ1) is 16.4. The maximum absolute atomic E-state index is 12.2. The van der Waals surface area contributed by atoms with Gasteiger partial charge in [0, 0.05) is 38.0 Å². The van der Waals surface area contributed by atoms with Crippen LogP contribution in [0.1, 0.15) is 25.7 Å². The summed E-state index contributed by atoms with van der Waals surface area (Å²) in [5, 5.41) is 1.09. The Hall–Kier alpha value is -2.43. The molecule has 126 valence electrons. The molecule has 1 aromatic carbocycles. The van der Waals surface area contributed by atoms with Crippen molar-refractivity contribution in [2.24, 2.45) is 0 Å². The number of hydrogen-bond donors (Lipinski definition) is 0. The van der Waals surface area contributed by atoms with Gasteiger partial charge in [-0.15, -0.1) is 6.58 Å². The molecule has 1 amide bonds. The van der Waals surface area contributed by atoms with Crippen molar-refractivity contribution in [3.63, 3.8) is 0 Å². The number of para-hydroxylation sites is 1. The van der Waals surface area contributed by atoms with Gasteiger partial charge in [-0.05, 0) is 31.4 Å². The highest BCUT2D eigenvalue weighted by atomic mass is 16.2. The van der Waals surface area contributed by atoms with E-state index in [9.17, 15) is 4.79 Å². The normalized spacial score (nSPS) is 15.5. The lowest BCUT2D eigenvalue weighted by Crippen LogP contribution is -2.45. The molecule has 24 heavy (non-hydrogen) atoms. The van der Waals surface area contributed by atoms with Crippen LogP contribution in [0.4, 0.5) is 5.82 Å². The minimum atomic E-state index is 0.209. The Bertz CT molecular complexity index is 717. The van der Waals surface area contributed by atoms with E-state index in [0.29, 0.717) is 12.5 Å². The zero-order chi connectivity index (χ0) is 16.9. The fourth-order valence-corrected chi connectivity index (χ4v) is 3.31. The fourth-order valence-electron chi connectivity index (χ4n) is 3.31. The average molecular weight is 324 g/mol. The van der Waals surface area contributed by atoms with Crippen LogP contribution in [0.25, 0.3) is 10.9 Å². The lowest BCUT2D eigenvalue weighted by molar-refractivity contribution is -0.132. The number of aromatic nitrogens is 2. The molecule has 0 spiro atoms. The summed E-state index contributed by atoms with van der Waals surface area (Å²) in [6.45, 7) is 5.50. The second kappa shape index (κ2) is 7.43. The van der Waals surface area contributed by atoms with Crippen molar-refractivity contribution >= 4 is 22.6 Å². The summed E-state index contributed by atoms with van der Waals surface area (Å²) in [7, 11) is 1.92. The molecule has 1 aliphatic rings. The maximum atomic E-state index is 12.2. The zero-order valence-corrected chi connectivity index (χ0v) is 14.2. The Morgan fingerprint density at radius 1 is 1.33 bits per heavy atom. The van der Waals surface area contributed by atoms with E-state index in [1.54, 1.807) is 12.4 Å². The van der Waals surface area contributed by atoms with Crippen molar-refractivity contribution < 1.29 is 4.79 Å². The molecular formula is C19H24N4O. The van der Waals surface area contributed by atoms with Gasteiger partial charge in [0.25, 0.3) is 0 Å². The molecule has 5 nitrogen and oxygen atoms in total. The number of hydrogen-bond acceptors (Lipinski definition) is 4. The first-order chi connectivity index (χ1) is 11.7. The fraction of sp³-hybridized carbons (Fsp3) is 0.421. The van der Waals surface area contributed by atoms with Gasteiger partial charge < -0.3 is 9.80 Å². The Labute approximate surface area is 143 Å². The number of anilines is 1. The van der Waals surface area contributed by atoms with E-state index in [1.165, 1.54) is 0 Å². The van der Waals surface area contributed by atoms with Crippen LogP contribution in [0.15, 0.2) is 43.2 Å². The molecule has 0 unspecified atom stereocenters. The third-order valence-corrected chi connectivity index (χ3v) is 4.79. The summed E-state index contributed by atoms with van der Waals surface area (Å²) in [5.41, 5.74) is 0.973. The number of carbonyl (C=O) groups is 1. The molecule has 0 atom stereocenters. The van der Waals surface area contributed by atoms with Crippen molar-refractivity contribution in [1.29, 1.82) is 0 Å². The molecule has 0 aliphatic carbocycles. The first-order valence-corrected chi connectivity index (χ1v) is 8.52. The van der Waals surface area contributed by atoms with Gasteiger partial charge in [0.15, 0.2) is 0 Å². The Kier molecular flexibility index (Phi) is 5.08. The highest BCUT2D eigenvalue weighted by Gasteiger charge is 2.26. The van der Waals surface area contributed by atoms with Gasteiger partial charge in [0.2, 0.25) is 5.91 Å². The van der Waals surface area contributed by atoms with Crippen molar-refractivity contribution in [3.05, 3.63) is 43.2 Å². The quantitative estimate of drug-likeness (QED) is 0.793. The molecule has 5 heteroatoms. The molecule has 2 aromatic rings. The van der Waals surface area contributed by atoms with Crippen LogP contribution in [0.5, 0.6) is 0 Å². The van der Waals surface area contributed by atoms with E-state index in [2.05, 4.69) is 27.5 Å². The van der Waals surface area contributed by atoms with Gasteiger partial charge in [-0.25, -0.2) is 9.97 Å². The number of nitrogens with zero attached hydrogens (tertiary/aromatic N) is 4. The van der Waals surface area contributed by atoms with Crippen LogP contribution >= 0.6 is 0 Å². The Morgan fingerprint density at radius 3 is 2.83 bits per heavy atom. The topological polar surface area (TPSA) is 49.3 Å². The molecule has 0 N–H and O–H groups in total. The lowest BCUT2D eigenvalue weighted by atomic mass is 10.0. The van der Waals surface area contributed by atoms with E-state index in [0.717, 1.165) is 49.1 Å². The second-order valence-electron chi connectivity index (χ2n) is 6.26. The van der Waals surface area contributed by atoms with Crippen LogP contribution in [0, 0.1) is 0 Å². The largest absolute Gasteiger partial charge is 0.356 e. The number of rotatable bonds is 5. The van der Waals surface area contributed by atoms with Gasteiger partial charge in [0.1, 0.15) is 12.1 Å². The second-order valence-corrected chi connectivity index (χ2v) is 6.26. The Morgan fingerprint density at radius 2 is 2.08 bits per heavy atom. The monoisotopic (exact) mass is 324 g/mol. The van der Waals surface area contributed by atoms with Gasteiger partial charge in [-0.3, -0.25) is 4.79 Å². The third-order valence-electron chi connectivity index (χ3n) is 4.79. The number of fused-ring (bicyclic) bond motifs is 1. The van der Waals surface area contributed by atoms with Gasteiger partial charge in [0.05, 0.1) is 5.52 Å². The van der Waals surface area contributed by atoms with Crippen LogP contribution in [-0.2, 0) is 4.79 Å². The lowest BCUT2D eigenvalue weighted by Gasteiger charge is -2.37. The number of piperidine rings is 1. The maximum Gasteiger partial charge on any atom is 0.222 e. The van der Waals surface area contributed by atoms with Gasteiger partial charge in [-0.2, -0.15) is 0 Å². The number of amides is 1. The van der Waals surface area contributed by atoms with E-state index in [-0.39, 0.29) is 5.91 Å². The molecule has 1 fully saturated rings. The standard InChI is InChI=1S/C19H24N4O/c1-3-4-9-18(24)22(2)15-10-12-23(13-11-15)19-16-7-5-6-8-17(16)20-14-21-19/h3,5-8,14-15H,1,4,9-13H2,2H3. The molecule has 0 saturated carbocycles. The molecule has 0 bridgehead atoms. The van der Waals surface area contributed by atoms with Crippen LogP contribution < -0.4 is 4.90 Å². The minimum absolute atomic E-state index is 0.209. The SMILES string of the molecule is C=CCCC(=O)N(C)C1CCN(c2ncnc3ccccc23)CC1. The summed E-state index contributed by atoms with van der Waals surface area (Å²) >= 11 is 0. The highest BCUT2D eigenvalue weighted by Crippen LogP contribution is 2.26. The molecule has 1 saturated heterocycles. The number of carbonyl (C=O) groups excluding carboxylic acids is 1. The predicted octanol–water partition coefficient (Wildman–Crippen LogP) is 3.02. The first-order valence-electron chi connectivity index (χ1n) is 8.52. The summed E-state index contributed by atoms with van der Waals surface area (Å²) in [5.74, 6) is 1.21. The predicted molar refractivity (Wildman–Crippen MR) is 97.0 cm³/mol. The van der Waals surface area contributed by atoms with Crippen molar-refractivity contribution in [2.45, 2.75) is 31.7 Å². The average Bonchev–Trinajstić information content (AvgIpc) is 2.65. The van der Waals surface area contributed by atoms with Gasteiger partial charge in [-0.1, -0.05) is 18.2 Å². The van der Waals surface area contributed by atoms with Crippen molar-refractivity contribution in [2.75, 3.05) is 25.0 Å². The highest BCUT2D eigenvalue weighted by molar-refractivity contribution is 5.89. The van der Waals surface area contributed by atoms with E-state index < -0.39 is 0 Å². The molecular weight excluding hydrogens is 300 g/mol. The van der Waals surface area contributed by atoms with E-state index in [4.69, 9.17) is 0 Å². The number of allylic oxidation sites excluding steroid dienone is 1. The van der Waals surface area contributed by atoms with Crippen molar-refractivity contribution in [1.82, 2.24) is 14.9 Å². The summed E-state index contributed by atoms with van der Waals surface area (Å²) in [4.78, 5) is 25.2. The molecule has 2 heterocycles. The molecule has 1 aliphatic heterocycles. The van der Waals surface area contributed by atoms with Crippen LogP contribution in [0.2, 0.25) is 0 Å².